The molecular formula is C10H14N2O4S. The molecule has 0 bridgehead atoms. The number of hydrogen-bond donors (Lipinski definition) is 2. The molecule has 0 spiro atoms. The van der Waals surface area contributed by atoms with E-state index in [2.05, 4.69) is 9.71 Å². The molecule has 1 aromatic heterocycles. The van der Waals surface area contributed by atoms with Crippen molar-refractivity contribution in [2.75, 3.05) is 0 Å². The number of sulfonamides is 1. The predicted octanol–water partition coefficient (Wildman–Crippen LogP) is 0.857. The molecule has 94 valence electrons. The molecule has 0 unspecified atom stereocenters. The van der Waals surface area contributed by atoms with E-state index in [0.717, 1.165) is 12.3 Å². The Bertz CT molecular complexity index is 514. The first-order valence-electron chi connectivity index (χ1n) is 4.85. The molecule has 7 heteroatoms. The van der Waals surface area contributed by atoms with Crippen LogP contribution < -0.4 is 4.72 Å². The minimum atomic E-state index is -3.71. The molecule has 0 aliphatic rings. The minimum absolute atomic E-state index is 0.0558. The fourth-order valence-corrected chi connectivity index (χ4v) is 2.47. The van der Waals surface area contributed by atoms with Crippen LogP contribution in [0.3, 0.4) is 0 Å². The van der Waals surface area contributed by atoms with Crippen LogP contribution in [0, 0.1) is 0 Å². The van der Waals surface area contributed by atoms with E-state index in [9.17, 15) is 13.2 Å². The van der Waals surface area contributed by atoms with Gasteiger partial charge in [-0.3, -0.25) is 0 Å². The molecule has 2 N–H and O–H groups in total. The van der Waals surface area contributed by atoms with Crippen molar-refractivity contribution in [3.63, 3.8) is 0 Å². The van der Waals surface area contributed by atoms with Gasteiger partial charge in [0.05, 0.1) is 5.56 Å². The molecule has 0 aliphatic heterocycles. The van der Waals surface area contributed by atoms with Crippen LogP contribution in [-0.2, 0) is 10.0 Å². The first-order valence-corrected chi connectivity index (χ1v) is 6.33. The maximum absolute atomic E-state index is 11.8. The minimum Gasteiger partial charge on any atom is -0.478 e. The van der Waals surface area contributed by atoms with E-state index >= 15 is 0 Å². The molecule has 0 radical (unpaired) electrons. The van der Waals surface area contributed by atoms with Gasteiger partial charge in [0.1, 0.15) is 0 Å². The monoisotopic (exact) mass is 258 g/mol. The summed E-state index contributed by atoms with van der Waals surface area (Å²) in [6.45, 7) is 5.11. The normalized spacial score (nSPS) is 12.4. The number of pyridine rings is 1. The highest BCUT2D eigenvalue weighted by molar-refractivity contribution is 7.89. The fraction of sp³-hybridized carbons (Fsp3) is 0.400. The van der Waals surface area contributed by atoms with Crippen molar-refractivity contribution in [1.29, 1.82) is 0 Å². The average molecular weight is 258 g/mol. The van der Waals surface area contributed by atoms with Gasteiger partial charge in [0.15, 0.2) is 5.03 Å². The summed E-state index contributed by atoms with van der Waals surface area (Å²) in [6, 6.07) is 2.37. The van der Waals surface area contributed by atoms with E-state index in [1.54, 1.807) is 20.8 Å². The SMILES string of the molecule is CC(C)(C)NS(=O)(=O)c1ccc(C(=O)O)cn1. The third-order valence-electron chi connectivity index (χ3n) is 1.70. The molecule has 1 rings (SSSR count). The van der Waals surface area contributed by atoms with Crippen molar-refractivity contribution >= 4 is 16.0 Å². The summed E-state index contributed by atoms with van der Waals surface area (Å²) < 4.78 is 26.0. The molecule has 0 aliphatic carbocycles. The highest BCUT2D eigenvalue weighted by Gasteiger charge is 2.23. The number of nitrogens with one attached hydrogen (secondary N) is 1. The van der Waals surface area contributed by atoms with E-state index < -0.39 is 21.5 Å². The first-order chi connectivity index (χ1) is 7.62. The average Bonchev–Trinajstić information content (AvgIpc) is 2.14. The lowest BCUT2D eigenvalue weighted by Crippen LogP contribution is -2.40. The molecule has 0 saturated carbocycles. The zero-order valence-electron chi connectivity index (χ0n) is 9.76. The van der Waals surface area contributed by atoms with Gasteiger partial charge >= 0.3 is 5.97 Å². The lowest BCUT2D eigenvalue weighted by molar-refractivity contribution is 0.0696. The molecule has 0 aromatic carbocycles. The molecule has 0 amide bonds. The van der Waals surface area contributed by atoms with Crippen LogP contribution in [0.2, 0.25) is 0 Å². The van der Waals surface area contributed by atoms with Crippen molar-refractivity contribution < 1.29 is 18.3 Å². The van der Waals surface area contributed by atoms with Crippen molar-refractivity contribution in [2.24, 2.45) is 0 Å². The van der Waals surface area contributed by atoms with E-state index in [1.807, 2.05) is 0 Å². The van der Waals surface area contributed by atoms with Gasteiger partial charge in [-0.2, -0.15) is 0 Å². The van der Waals surface area contributed by atoms with E-state index in [1.165, 1.54) is 6.07 Å². The number of hydrogen-bond acceptors (Lipinski definition) is 4. The topological polar surface area (TPSA) is 96.4 Å². The summed E-state index contributed by atoms with van der Waals surface area (Å²) in [5.74, 6) is -1.15. The number of carboxylic acid groups (broad SMARTS) is 1. The van der Waals surface area contributed by atoms with Crippen molar-refractivity contribution in [1.82, 2.24) is 9.71 Å². The Kier molecular flexibility index (Phi) is 3.53. The maximum atomic E-state index is 11.8. The third kappa shape index (κ3) is 3.79. The highest BCUT2D eigenvalue weighted by Crippen LogP contribution is 2.10. The summed E-state index contributed by atoms with van der Waals surface area (Å²) in [6.07, 6.45) is 1.01. The Hall–Kier alpha value is -1.47. The van der Waals surface area contributed by atoms with Crippen LogP contribution in [0.15, 0.2) is 23.4 Å². The van der Waals surface area contributed by atoms with E-state index in [0.29, 0.717) is 0 Å². The quantitative estimate of drug-likeness (QED) is 0.838. The van der Waals surface area contributed by atoms with Crippen LogP contribution in [0.1, 0.15) is 31.1 Å². The van der Waals surface area contributed by atoms with Crippen LogP contribution in [-0.4, -0.2) is 30.0 Å². The number of nitrogens with zero attached hydrogens (tertiary/aromatic N) is 1. The Balaban J connectivity index is 3.05. The van der Waals surface area contributed by atoms with Gasteiger partial charge < -0.3 is 5.11 Å². The van der Waals surface area contributed by atoms with Crippen LogP contribution in [0.4, 0.5) is 0 Å². The zero-order chi connectivity index (χ0) is 13.3. The van der Waals surface area contributed by atoms with E-state index in [4.69, 9.17) is 5.11 Å². The van der Waals surface area contributed by atoms with Gasteiger partial charge in [-0.25, -0.2) is 22.9 Å². The lowest BCUT2D eigenvalue weighted by Gasteiger charge is -2.19. The molecule has 1 heterocycles. The number of carbonyl (C=O) groups is 1. The summed E-state index contributed by atoms with van der Waals surface area (Å²) in [7, 11) is -3.71. The Morgan fingerprint density at radius 2 is 1.94 bits per heavy atom. The van der Waals surface area contributed by atoms with Gasteiger partial charge in [-0.15, -0.1) is 0 Å². The van der Waals surface area contributed by atoms with Crippen LogP contribution in [0.25, 0.3) is 0 Å². The smallest absolute Gasteiger partial charge is 0.337 e. The Morgan fingerprint density at radius 3 is 2.29 bits per heavy atom. The van der Waals surface area contributed by atoms with Crippen LogP contribution >= 0.6 is 0 Å². The number of aromatic nitrogens is 1. The van der Waals surface area contributed by atoms with Crippen molar-refractivity contribution in [3.05, 3.63) is 23.9 Å². The lowest BCUT2D eigenvalue weighted by atomic mass is 10.1. The van der Waals surface area contributed by atoms with Crippen molar-refractivity contribution in [3.8, 4) is 0 Å². The summed E-state index contributed by atoms with van der Waals surface area (Å²) in [5.41, 5.74) is -0.675. The first kappa shape index (κ1) is 13.6. The fourth-order valence-electron chi connectivity index (χ4n) is 1.12. The number of carboxylic acids is 1. The third-order valence-corrected chi connectivity index (χ3v) is 3.37. The standard InChI is InChI=1S/C10H14N2O4S/c1-10(2,3)12-17(15,16)8-5-4-7(6-11-8)9(13)14/h4-6,12H,1-3H3,(H,13,14). The van der Waals surface area contributed by atoms with E-state index in [-0.39, 0.29) is 10.6 Å². The number of aromatic carboxylic acids is 1. The second-order valence-corrected chi connectivity index (χ2v) is 6.18. The van der Waals surface area contributed by atoms with Gasteiger partial charge in [-0.05, 0) is 32.9 Å². The van der Waals surface area contributed by atoms with Gasteiger partial charge in [0, 0.05) is 11.7 Å². The van der Waals surface area contributed by atoms with Gasteiger partial charge in [0.2, 0.25) is 0 Å². The second kappa shape index (κ2) is 4.42. The number of rotatable bonds is 3. The molecule has 0 atom stereocenters. The summed E-state index contributed by atoms with van der Waals surface area (Å²) in [5, 5.41) is 8.46. The van der Waals surface area contributed by atoms with Gasteiger partial charge in [-0.1, -0.05) is 0 Å². The molecular weight excluding hydrogens is 244 g/mol. The second-order valence-electron chi connectivity index (χ2n) is 4.55. The highest BCUT2D eigenvalue weighted by atomic mass is 32.2. The van der Waals surface area contributed by atoms with Crippen molar-refractivity contribution in [2.45, 2.75) is 31.3 Å². The predicted molar refractivity (Wildman–Crippen MR) is 61.3 cm³/mol. The Morgan fingerprint density at radius 1 is 1.35 bits per heavy atom. The van der Waals surface area contributed by atoms with Crippen LogP contribution in [0.5, 0.6) is 0 Å². The molecule has 6 nitrogen and oxygen atoms in total. The Labute approximate surface area is 99.7 Å². The molecule has 0 fully saturated rings. The molecule has 0 saturated heterocycles. The summed E-state index contributed by atoms with van der Waals surface area (Å²) in [4.78, 5) is 14.2. The zero-order valence-corrected chi connectivity index (χ0v) is 10.6. The molecule has 17 heavy (non-hydrogen) atoms. The maximum Gasteiger partial charge on any atom is 0.337 e. The van der Waals surface area contributed by atoms with Gasteiger partial charge in [0.25, 0.3) is 10.0 Å². The molecule has 1 aromatic rings. The largest absolute Gasteiger partial charge is 0.478 e. The summed E-state index contributed by atoms with van der Waals surface area (Å²) >= 11 is 0.